The number of anilines is 1. The Morgan fingerprint density at radius 2 is 1.95 bits per heavy atom. The Hall–Kier alpha value is -1.64. The van der Waals surface area contributed by atoms with Crippen LogP contribution in [-0.2, 0) is 16.0 Å². The number of hydrogen-bond acceptors (Lipinski definition) is 2. The van der Waals surface area contributed by atoms with Crippen LogP contribution in [0.5, 0.6) is 0 Å². The van der Waals surface area contributed by atoms with Gasteiger partial charge in [0.25, 0.3) is 0 Å². The molecule has 0 N–H and O–H groups in total. The molecular formula is C17H23NO2. The van der Waals surface area contributed by atoms with Gasteiger partial charge in [-0.1, -0.05) is 32.9 Å². The Morgan fingerprint density at radius 3 is 2.50 bits per heavy atom. The molecule has 1 aliphatic rings. The summed E-state index contributed by atoms with van der Waals surface area (Å²) >= 11 is 0. The molecular weight excluding hydrogens is 250 g/mol. The van der Waals surface area contributed by atoms with Crippen LogP contribution < -0.4 is 4.90 Å². The van der Waals surface area contributed by atoms with Crippen LogP contribution >= 0.6 is 0 Å². The van der Waals surface area contributed by atoms with E-state index in [4.69, 9.17) is 0 Å². The number of hydrogen-bond donors (Lipinski definition) is 0. The number of Topliss-reactive ketones (excluding diaryl/α,β-unsaturated/α-hetero) is 1. The summed E-state index contributed by atoms with van der Waals surface area (Å²) < 4.78 is 0. The standard InChI is InChI=1S/C17H23NO2/c1-4-13-7-9-14(10-8-13)18-11-5-6-15(17(18)20)16(19)12(2)3/h7-10,12,15H,4-6,11H2,1-3H3/t15-/m0/s1. The summed E-state index contributed by atoms with van der Waals surface area (Å²) in [7, 11) is 0. The van der Waals surface area contributed by atoms with Gasteiger partial charge in [-0.2, -0.15) is 0 Å². The van der Waals surface area contributed by atoms with Gasteiger partial charge >= 0.3 is 0 Å². The second-order valence-corrected chi connectivity index (χ2v) is 5.76. The first kappa shape index (κ1) is 14.8. The van der Waals surface area contributed by atoms with Crippen LogP contribution in [0.15, 0.2) is 24.3 Å². The molecule has 1 fully saturated rings. The van der Waals surface area contributed by atoms with Crippen molar-refractivity contribution in [3.05, 3.63) is 29.8 Å². The van der Waals surface area contributed by atoms with Gasteiger partial charge in [0.05, 0.1) is 5.92 Å². The fourth-order valence-corrected chi connectivity index (χ4v) is 2.71. The van der Waals surface area contributed by atoms with E-state index >= 15 is 0 Å². The Morgan fingerprint density at radius 1 is 1.30 bits per heavy atom. The van der Waals surface area contributed by atoms with Crippen molar-refractivity contribution in [2.24, 2.45) is 11.8 Å². The minimum Gasteiger partial charge on any atom is -0.312 e. The van der Waals surface area contributed by atoms with Gasteiger partial charge in [-0.3, -0.25) is 9.59 Å². The maximum atomic E-state index is 12.5. The van der Waals surface area contributed by atoms with Crippen molar-refractivity contribution in [1.29, 1.82) is 0 Å². The molecule has 0 bridgehead atoms. The number of amides is 1. The maximum Gasteiger partial charge on any atom is 0.237 e. The predicted octanol–water partition coefficient (Wildman–Crippen LogP) is 3.22. The number of rotatable bonds is 4. The molecule has 108 valence electrons. The fraction of sp³-hybridized carbons (Fsp3) is 0.529. The van der Waals surface area contributed by atoms with Crippen LogP contribution in [0.3, 0.4) is 0 Å². The highest BCUT2D eigenvalue weighted by molar-refractivity contribution is 6.09. The lowest BCUT2D eigenvalue weighted by Crippen LogP contribution is -2.45. The van der Waals surface area contributed by atoms with E-state index in [2.05, 4.69) is 19.1 Å². The fourth-order valence-electron chi connectivity index (χ4n) is 2.71. The topological polar surface area (TPSA) is 37.4 Å². The summed E-state index contributed by atoms with van der Waals surface area (Å²) in [6, 6.07) is 8.07. The largest absolute Gasteiger partial charge is 0.312 e. The molecule has 0 radical (unpaired) electrons. The first-order valence-corrected chi connectivity index (χ1v) is 7.48. The van der Waals surface area contributed by atoms with Crippen LogP contribution in [0.25, 0.3) is 0 Å². The minimum absolute atomic E-state index is 0.0285. The summed E-state index contributed by atoms with van der Waals surface area (Å²) in [4.78, 5) is 26.4. The smallest absolute Gasteiger partial charge is 0.237 e. The van der Waals surface area contributed by atoms with Crippen LogP contribution in [0, 0.1) is 11.8 Å². The molecule has 2 rings (SSSR count). The zero-order valence-electron chi connectivity index (χ0n) is 12.6. The summed E-state index contributed by atoms with van der Waals surface area (Å²) in [5.41, 5.74) is 2.17. The molecule has 20 heavy (non-hydrogen) atoms. The van der Waals surface area contributed by atoms with Crippen molar-refractivity contribution in [3.63, 3.8) is 0 Å². The van der Waals surface area contributed by atoms with E-state index in [-0.39, 0.29) is 17.6 Å². The lowest BCUT2D eigenvalue weighted by atomic mass is 9.87. The van der Waals surface area contributed by atoms with E-state index in [1.54, 1.807) is 4.90 Å². The van der Waals surface area contributed by atoms with Gasteiger partial charge in [0.1, 0.15) is 5.78 Å². The summed E-state index contributed by atoms with van der Waals surface area (Å²) in [5.74, 6) is -0.481. The molecule has 0 unspecified atom stereocenters. The monoisotopic (exact) mass is 273 g/mol. The Balaban J connectivity index is 2.19. The number of aryl methyl sites for hydroxylation is 1. The molecule has 1 aromatic rings. The third-order valence-corrected chi connectivity index (χ3v) is 4.01. The van der Waals surface area contributed by atoms with Crippen molar-refractivity contribution in [1.82, 2.24) is 0 Å². The van der Waals surface area contributed by atoms with Gasteiger partial charge < -0.3 is 4.90 Å². The van der Waals surface area contributed by atoms with E-state index in [0.29, 0.717) is 13.0 Å². The van der Waals surface area contributed by atoms with E-state index in [9.17, 15) is 9.59 Å². The van der Waals surface area contributed by atoms with Gasteiger partial charge in [-0.25, -0.2) is 0 Å². The summed E-state index contributed by atoms with van der Waals surface area (Å²) in [6.07, 6.45) is 2.58. The van der Waals surface area contributed by atoms with Crippen molar-refractivity contribution in [3.8, 4) is 0 Å². The lowest BCUT2D eigenvalue weighted by molar-refractivity contribution is -0.135. The average Bonchev–Trinajstić information content (AvgIpc) is 2.47. The number of benzene rings is 1. The summed E-state index contributed by atoms with van der Waals surface area (Å²) in [5, 5.41) is 0. The molecule has 1 aromatic carbocycles. The van der Waals surface area contributed by atoms with Gasteiger partial charge in [0, 0.05) is 18.2 Å². The van der Waals surface area contributed by atoms with E-state index in [1.165, 1.54) is 5.56 Å². The highest BCUT2D eigenvalue weighted by Crippen LogP contribution is 2.27. The lowest BCUT2D eigenvalue weighted by Gasteiger charge is -2.32. The predicted molar refractivity (Wildman–Crippen MR) is 80.7 cm³/mol. The van der Waals surface area contributed by atoms with Crippen molar-refractivity contribution in [2.75, 3.05) is 11.4 Å². The quantitative estimate of drug-likeness (QED) is 0.790. The third kappa shape index (κ3) is 2.92. The molecule has 1 atom stereocenters. The van der Waals surface area contributed by atoms with Crippen LogP contribution in [0.1, 0.15) is 39.2 Å². The molecule has 0 aromatic heterocycles. The molecule has 1 amide bonds. The first-order valence-electron chi connectivity index (χ1n) is 7.48. The van der Waals surface area contributed by atoms with Gasteiger partial charge in [-0.15, -0.1) is 0 Å². The number of ketones is 1. The normalized spacial score (nSPS) is 19.5. The zero-order valence-corrected chi connectivity index (χ0v) is 12.6. The van der Waals surface area contributed by atoms with Crippen molar-refractivity contribution < 1.29 is 9.59 Å². The molecule has 1 aliphatic heterocycles. The molecule has 1 saturated heterocycles. The number of nitrogens with zero attached hydrogens (tertiary/aromatic N) is 1. The number of piperidine rings is 1. The van der Waals surface area contributed by atoms with E-state index in [0.717, 1.165) is 18.5 Å². The minimum atomic E-state index is -0.449. The molecule has 0 aliphatic carbocycles. The van der Waals surface area contributed by atoms with Crippen LogP contribution in [-0.4, -0.2) is 18.2 Å². The average molecular weight is 273 g/mol. The number of carbonyl (C=O) groups excluding carboxylic acids is 2. The van der Waals surface area contributed by atoms with Crippen molar-refractivity contribution >= 4 is 17.4 Å². The molecule has 0 saturated carbocycles. The van der Waals surface area contributed by atoms with Gasteiger partial charge in [-0.05, 0) is 37.0 Å². The van der Waals surface area contributed by atoms with Crippen LogP contribution in [0.2, 0.25) is 0 Å². The molecule has 3 nitrogen and oxygen atoms in total. The molecule has 0 spiro atoms. The van der Waals surface area contributed by atoms with Crippen LogP contribution in [0.4, 0.5) is 5.69 Å². The van der Waals surface area contributed by atoms with Crippen molar-refractivity contribution in [2.45, 2.75) is 40.0 Å². The second-order valence-electron chi connectivity index (χ2n) is 5.76. The van der Waals surface area contributed by atoms with Gasteiger partial charge in [0.15, 0.2) is 0 Å². The SMILES string of the molecule is CCc1ccc(N2CCC[C@@H](C(=O)C(C)C)C2=O)cc1. The molecule has 1 heterocycles. The third-order valence-electron chi connectivity index (χ3n) is 4.01. The van der Waals surface area contributed by atoms with E-state index in [1.807, 2.05) is 26.0 Å². The maximum absolute atomic E-state index is 12.5. The zero-order chi connectivity index (χ0) is 14.7. The van der Waals surface area contributed by atoms with Gasteiger partial charge in [0.2, 0.25) is 5.91 Å². The Bertz CT molecular complexity index is 490. The first-order chi connectivity index (χ1) is 9.54. The Labute approximate surface area is 121 Å². The van der Waals surface area contributed by atoms with E-state index < -0.39 is 5.92 Å². The highest BCUT2D eigenvalue weighted by Gasteiger charge is 2.35. The molecule has 3 heteroatoms. The number of carbonyl (C=O) groups is 2. The highest BCUT2D eigenvalue weighted by atomic mass is 16.2. The summed E-state index contributed by atoms with van der Waals surface area (Å²) in [6.45, 7) is 6.56. The Kier molecular flexibility index (Phi) is 4.58. The second kappa shape index (κ2) is 6.21.